The highest BCUT2D eigenvalue weighted by atomic mass is 32.2. The summed E-state index contributed by atoms with van der Waals surface area (Å²) < 4.78 is 13.6. The lowest BCUT2D eigenvalue weighted by atomic mass is 10.1. The van der Waals surface area contributed by atoms with E-state index >= 15 is 0 Å². The van der Waals surface area contributed by atoms with Crippen molar-refractivity contribution in [3.05, 3.63) is 59.4 Å². The minimum atomic E-state index is -0.160. The SMILES string of the molecule is Cc1ccc(NC(=S)NCCSCc2ccccc2F)cc1N1CCCC1=O. The van der Waals surface area contributed by atoms with E-state index in [1.54, 1.807) is 17.8 Å². The largest absolute Gasteiger partial charge is 0.362 e. The number of thioether (sulfide) groups is 1. The lowest BCUT2D eigenvalue weighted by Gasteiger charge is -2.20. The Hall–Kier alpha value is -2.12. The number of carbonyl (C=O) groups is 1. The molecule has 0 spiro atoms. The Kier molecular flexibility index (Phi) is 7.28. The molecular weight excluding hydrogens is 393 g/mol. The highest BCUT2D eigenvalue weighted by Gasteiger charge is 2.23. The summed E-state index contributed by atoms with van der Waals surface area (Å²) in [6.45, 7) is 3.47. The zero-order valence-electron chi connectivity index (χ0n) is 15.8. The number of rotatable bonds is 7. The number of hydrogen-bond acceptors (Lipinski definition) is 3. The van der Waals surface area contributed by atoms with Crippen LogP contribution in [-0.2, 0) is 10.5 Å². The predicted octanol–water partition coefficient (Wildman–Crippen LogP) is 4.48. The molecule has 7 heteroatoms. The average molecular weight is 418 g/mol. The summed E-state index contributed by atoms with van der Waals surface area (Å²) in [4.78, 5) is 13.9. The summed E-state index contributed by atoms with van der Waals surface area (Å²) in [7, 11) is 0. The van der Waals surface area contributed by atoms with Gasteiger partial charge in [0.15, 0.2) is 5.11 Å². The first-order valence-corrected chi connectivity index (χ1v) is 10.9. The van der Waals surface area contributed by atoms with Gasteiger partial charge in [0.25, 0.3) is 0 Å². The summed E-state index contributed by atoms with van der Waals surface area (Å²) in [6.07, 6.45) is 1.52. The van der Waals surface area contributed by atoms with E-state index in [2.05, 4.69) is 10.6 Å². The molecule has 2 aromatic rings. The molecule has 1 fully saturated rings. The van der Waals surface area contributed by atoms with Crippen LogP contribution in [0.15, 0.2) is 42.5 Å². The van der Waals surface area contributed by atoms with Gasteiger partial charge in [-0.3, -0.25) is 4.79 Å². The maximum atomic E-state index is 13.6. The Morgan fingerprint density at radius 3 is 2.86 bits per heavy atom. The summed E-state index contributed by atoms with van der Waals surface area (Å²) in [5.41, 5.74) is 3.59. The standard InChI is InChI=1S/C21H24FN3OS2/c1-15-8-9-17(13-19(15)25-11-4-7-20(25)26)24-21(27)23-10-12-28-14-16-5-2-3-6-18(16)22/h2-3,5-6,8-9,13H,4,7,10-12,14H2,1H3,(H2,23,24,27). The van der Waals surface area contributed by atoms with E-state index in [9.17, 15) is 9.18 Å². The van der Waals surface area contributed by atoms with Gasteiger partial charge in [-0.05, 0) is 54.9 Å². The van der Waals surface area contributed by atoms with Crippen LogP contribution < -0.4 is 15.5 Å². The van der Waals surface area contributed by atoms with Crippen LogP contribution in [0.2, 0.25) is 0 Å². The third-order valence-corrected chi connectivity index (χ3v) is 5.83. The van der Waals surface area contributed by atoms with E-state index in [1.807, 2.05) is 42.2 Å². The molecule has 1 amide bonds. The summed E-state index contributed by atoms with van der Waals surface area (Å²) >= 11 is 7.02. The summed E-state index contributed by atoms with van der Waals surface area (Å²) in [5.74, 6) is 1.47. The van der Waals surface area contributed by atoms with E-state index in [-0.39, 0.29) is 11.7 Å². The number of benzene rings is 2. The minimum absolute atomic E-state index is 0.160. The first-order chi connectivity index (χ1) is 13.5. The van der Waals surface area contributed by atoms with Crippen molar-refractivity contribution in [1.29, 1.82) is 0 Å². The lowest BCUT2D eigenvalue weighted by molar-refractivity contribution is -0.117. The molecule has 148 valence electrons. The lowest BCUT2D eigenvalue weighted by Crippen LogP contribution is -2.30. The van der Waals surface area contributed by atoms with E-state index in [1.165, 1.54) is 6.07 Å². The molecule has 0 saturated carbocycles. The molecule has 0 aromatic heterocycles. The van der Waals surface area contributed by atoms with Crippen molar-refractivity contribution in [2.24, 2.45) is 0 Å². The van der Waals surface area contributed by atoms with Crippen molar-refractivity contribution >= 4 is 46.4 Å². The molecule has 1 saturated heterocycles. The first-order valence-electron chi connectivity index (χ1n) is 9.31. The van der Waals surface area contributed by atoms with Gasteiger partial charge in [-0.25, -0.2) is 4.39 Å². The second-order valence-electron chi connectivity index (χ2n) is 6.68. The van der Waals surface area contributed by atoms with E-state index in [0.717, 1.165) is 41.2 Å². The Balaban J connectivity index is 1.45. The Labute approximate surface area is 174 Å². The fraction of sp³-hybridized carbons (Fsp3) is 0.333. The van der Waals surface area contributed by atoms with Gasteiger partial charge in [0.1, 0.15) is 5.82 Å². The highest BCUT2D eigenvalue weighted by Crippen LogP contribution is 2.28. The zero-order chi connectivity index (χ0) is 19.9. The Morgan fingerprint density at radius 1 is 1.29 bits per heavy atom. The van der Waals surface area contributed by atoms with Gasteiger partial charge in [0.2, 0.25) is 5.91 Å². The number of aryl methyl sites for hydroxylation is 1. The monoisotopic (exact) mass is 417 g/mol. The minimum Gasteiger partial charge on any atom is -0.362 e. The smallest absolute Gasteiger partial charge is 0.227 e. The topological polar surface area (TPSA) is 44.4 Å². The maximum absolute atomic E-state index is 13.6. The van der Waals surface area contributed by atoms with Gasteiger partial charge in [-0.15, -0.1) is 0 Å². The van der Waals surface area contributed by atoms with Gasteiger partial charge in [-0.2, -0.15) is 11.8 Å². The molecule has 1 heterocycles. The maximum Gasteiger partial charge on any atom is 0.227 e. The first kappa shape index (κ1) is 20.6. The van der Waals surface area contributed by atoms with E-state index in [0.29, 0.717) is 23.8 Å². The molecule has 2 aromatic carbocycles. The van der Waals surface area contributed by atoms with Crippen LogP contribution >= 0.6 is 24.0 Å². The number of nitrogens with one attached hydrogen (secondary N) is 2. The summed E-state index contributed by atoms with van der Waals surface area (Å²) in [6, 6.07) is 12.8. The second-order valence-corrected chi connectivity index (χ2v) is 8.19. The molecule has 0 bridgehead atoms. The van der Waals surface area contributed by atoms with Crippen molar-refractivity contribution in [2.45, 2.75) is 25.5 Å². The van der Waals surface area contributed by atoms with E-state index in [4.69, 9.17) is 12.2 Å². The third-order valence-electron chi connectivity index (χ3n) is 4.58. The van der Waals surface area contributed by atoms with Crippen molar-refractivity contribution in [2.75, 3.05) is 29.1 Å². The van der Waals surface area contributed by atoms with Gasteiger partial charge in [0, 0.05) is 42.4 Å². The van der Waals surface area contributed by atoms with Crippen molar-refractivity contribution in [3.63, 3.8) is 0 Å². The summed E-state index contributed by atoms with van der Waals surface area (Å²) in [5, 5.41) is 6.88. The van der Waals surface area contributed by atoms with E-state index < -0.39 is 0 Å². The normalized spacial score (nSPS) is 13.6. The highest BCUT2D eigenvalue weighted by molar-refractivity contribution is 7.98. The van der Waals surface area contributed by atoms with Crippen LogP contribution in [0.1, 0.15) is 24.0 Å². The van der Waals surface area contributed by atoms with Crippen LogP contribution in [0.3, 0.4) is 0 Å². The van der Waals surface area contributed by atoms with Gasteiger partial charge < -0.3 is 15.5 Å². The molecular formula is C21H24FN3OS2. The number of carbonyl (C=O) groups excluding carboxylic acids is 1. The molecule has 0 atom stereocenters. The Bertz CT molecular complexity index is 859. The van der Waals surface area contributed by atoms with Crippen LogP contribution in [0.25, 0.3) is 0 Å². The zero-order valence-corrected chi connectivity index (χ0v) is 17.5. The number of halogens is 1. The molecule has 2 N–H and O–H groups in total. The number of anilines is 2. The number of hydrogen-bond donors (Lipinski definition) is 2. The van der Waals surface area contributed by atoms with Crippen LogP contribution in [-0.4, -0.2) is 29.9 Å². The molecule has 1 aliphatic rings. The predicted molar refractivity (Wildman–Crippen MR) is 120 cm³/mol. The van der Waals surface area contributed by atoms with Crippen molar-refractivity contribution in [3.8, 4) is 0 Å². The molecule has 4 nitrogen and oxygen atoms in total. The van der Waals surface area contributed by atoms with Crippen molar-refractivity contribution in [1.82, 2.24) is 5.32 Å². The quantitative estimate of drug-likeness (QED) is 0.514. The fourth-order valence-corrected chi connectivity index (χ4v) is 4.16. The molecule has 3 rings (SSSR count). The van der Waals surface area contributed by atoms with Crippen LogP contribution in [0.4, 0.5) is 15.8 Å². The Morgan fingerprint density at radius 2 is 2.11 bits per heavy atom. The van der Waals surface area contributed by atoms with Crippen molar-refractivity contribution < 1.29 is 9.18 Å². The van der Waals surface area contributed by atoms with Crippen LogP contribution in [0, 0.1) is 12.7 Å². The number of amides is 1. The van der Waals surface area contributed by atoms with Gasteiger partial charge in [-0.1, -0.05) is 24.3 Å². The fourth-order valence-electron chi connectivity index (χ4n) is 3.09. The number of thiocarbonyl (C=S) groups is 1. The molecule has 28 heavy (non-hydrogen) atoms. The molecule has 0 radical (unpaired) electrons. The number of nitrogens with zero attached hydrogens (tertiary/aromatic N) is 1. The van der Waals surface area contributed by atoms with Crippen LogP contribution in [0.5, 0.6) is 0 Å². The third kappa shape index (κ3) is 5.45. The molecule has 0 aliphatic carbocycles. The van der Waals surface area contributed by atoms with Gasteiger partial charge >= 0.3 is 0 Å². The average Bonchev–Trinajstić information content (AvgIpc) is 3.10. The molecule has 0 unspecified atom stereocenters. The molecule has 1 aliphatic heterocycles. The second kappa shape index (κ2) is 9.89. The van der Waals surface area contributed by atoms with Gasteiger partial charge in [0.05, 0.1) is 0 Å².